The molecule has 0 spiro atoms. The summed E-state index contributed by atoms with van der Waals surface area (Å²) in [5.74, 6) is 0.522. The lowest BCUT2D eigenvalue weighted by Gasteiger charge is -2.31. The van der Waals surface area contributed by atoms with Gasteiger partial charge in [-0.3, -0.25) is 9.59 Å². The van der Waals surface area contributed by atoms with Gasteiger partial charge in [0, 0.05) is 20.0 Å². The molecular weight excluding hydrogens is 338 g/mol. The molecule has 1 heterocycles. The van der Waals surface area contributed by atoms with Gasteiger partial charge in [0.2, 0.25) is 11.8 Å². The number of hydrogen-bond donors (Lipinski definition) is 2. The minimum Gasteiger partial charge on any atom is -0.357 e. The summed E-state index contributed by atoms with van der Waals surface area (Å²) >= 11 is 0. The van der Waals surface area contributed by atoms with Crippen LogP contribution in [0.4, 0.5) is 0 Å². The summed E-state index contributed by atoms with van der Waals surface area (Å²) in [6.45, 7) is 0.566. The van der Waals surface area contributed by atoms with Crippen LogP contribution in [0.3, 0.4) is 0 Å². The monoisotopic (exact) mass is 367 g/mol. The van der Waals surface area contributed by atoms with E-state index in [9.17, 15) is 9.59 Å². The van der Waals surface area contributed by atoms with E-state index in [2.05, 4.69) is 29.6 Å². The molecule has 1 saturated heterocycles. The maximum atomic E-state index is 13.0. The number of nitrogens with one attached hydrogen (secondary N) is 1. The van der Waals surface area contributed by atoms with Crippen molar-refractivity contribution in [1.82, 2.24) is 10.2 Å². The number of nitrogens with two attached hydrogens (primary N) is 1. The SMILES string of the molecule is CNC(=O)[C@H](Cc1ccccc1)N1CC[C@@H](C2C=CC=CC2)C[C@H](N)C1=O. The number of allylic oxidation sites excluding steroid dienone is 4. The van der Waals surface area contributed by atoms with Crippen LogP contribution in [0.25, 0.3) is 0 Å². The van der Waals surface area contributed by atoms with Crippen LogP contribution >= 0.6 is 0 Å². The van der Waals surface area contributed by atoms with Gasteiger partial charge in [-0.25, -0.2) is 0 Å². The van der Waals surface area contributed by atoms with E-state index in [-0.39, 0.29) is 11.8 Å². The van der Waals surface area contributed by atoms with Crippen LogP contribution in [0, 0.1) is 11.8 Å². The first kappa shape index (κ1) is 19.4. The van der Waals surface area contributed by atoms with E-state index in [0.717, 1.165) is 18.4 Å². The number of likely N-dealkylation sites (N-methyl/N-ethyl adjacent to an activating group) is 1. The van der Waals surface area contributed by atoms with Crippen LogP contribution in [-0.2, 0) is 16.0 Å². The van der Waals surface area contributed by atoms with Crippen molar-refractivity contribution in [3.8, 4) is 0 Å². The van der Waals surface area contributed by atoms with Gasteiger partial charge in [0.1, 0.15) is 6.04 Å². The van der Waals surface area contributed by atoms with Crippen molar-refractivity contribution in [3.63, 3.8) is 0 Å². The minimum atomic E-state index is -0.556. The van der Waals surface area contributed by atoms with Crippen LogP contribution in [0.15, 0.2) is 54.6 Å². The Bertz CT molecular complexity index is 714. The average Bonchev–Trinajstić information content (AvgIpc) is 2.86. The predicted molar refractivity (Wildman–Crippen MR) is 107 cm³/mol. The summed E-state index contributed by atoms with van der Waals surface area (Å²) in [4.78, 5) is 27.3. The standard InChI is InChI=1S/C22H29N3O2/c1-24-21(26)20(14-16-8-4-2-5-9-16)25-13-12-18(15-19(23)22(25)27)17-10-6-3-7-11-17/h2-10,17-20H,11-15,23H2,1H3,(H,24,26)/t17?,18-,19+,20+/m1/s1. The van der Waals surface area contributed by atoms with Crippen LogP contribution in [0.5, 0.6) is 0 Å². The molecule has 0 radical (unpaired) electrons. The molecule has 1 aliphatic heterocycles. The highest BCUT2D eigenvalue weighted by Gasteiger charge is 2.37. The van der Waals surface area contributed by atoms with Gasteiger partial charge in [-0.15, -0.1) is 0 Å². The lowest BCUT2D eigenvalue weighted by Crippen LogP contribution is -2.53. The fourth-order valence-corrected chi connectivity index (χ4v) is 4.17. The van der Waals surface area contributed by atoms with Gasteiger partial charge in [0.25, 0.3) is 0 Å². The number of likely N-dealkylation sites (tertiary alicyclic amines) is 1. The van der Waals surface area contributed by atoms with E-state index in [1.165, 1.54) is 0 Å². The molecule has 4 atom stereocenters. The van der Waals surface area contributed by atoms with Crippen molar-refractivity contribution in [2.75, 3.05) is 13.6 Å². The number of hydrogen-bond acceptors (Lipinski definition) is 3. The zero-order valence-corrected chi connectivity index (χ0v) is 15.9. The first-order chi connectivity index (χ1) is 13.1. The highest BCUT2D eigenvalue weighted by molar-refractivity contribution is 5.90. The van der Waals surface area contributed by atoms with Gasteiger partial charge in [-0.2, -0.15) is 0 Å². The van der Waals surface area contributed by atoms with Crippen LogP contribution in [0.1, 0.15) is 24.8 Å². The largest absolute Gasteiger partial charge is 0.357 e. The molecule has 0 aromatic heterocycles. The van der Waals surface area contributed by atoms with Crippen LogP contribution in [0.2, 0.25) is 0 Å². The molecule has 0 saturated carbocycles. The molecule has 5 heteroatoms. The minimum absolute atomic E-state index is 0.114. The summed E-state index contributed by atoms with van der Waals surface area (Å²) < 4.78 is 0. The number of rotatable bonds is 5. The molecule has 5 nitrogen and oxygen atoms in total. The first-order valence-electron chi connectivity index (χ1n) is 9.75. The highest BCUT2D eigenvalue weighted by atomic mass is 16.2. The van der Waals surface area contributed by atoms with Gasteiger partial charge >= 0.3 is 0 Å². The maximum absolute atomic E-state index is 13.0. The smallest absolute Gasteiger partial charge is 0.242 e. The Morgan fingerprint density at radius 1 is 1.30 bits per heavy atom. The molecule has 1 aromatic rings. The zero-order chi connectivity index (χ0) is 19.2. The van der Waals surface area contributed by atoms with Crippen molar-refractivity contribution in [1.29, 1.82) is 0 Å². The molecule has 3 rings (SSSR count). The Balaban J connectivity index is 1.79. The third kappa shape index (κ3) is 4.66. The van der Waals surface area contributed by atoms with Crippen molar-refractivity contribution in [2.24, 2.45) is 17.6 Å². The average molecular weight is 367 g/mol. The number of nitrogens with zero attached hydrogens (tertiary/aromatic N) is 1. The summed E-state index contributed by atoms with van der Waals surface area (Å²) in [6, 6.07) is 8.73. The molecule has 0 bridgehead atoms. The third-order valence-corrected chi connectivity index (χ3v) is 5.71. The predicted octanol–water partition coefficient (Wildman–Crippen LogP) is 2.04. The summed E-state index contributed by atoms with van der Waals surface area (Å²) in [6.07, 6.45) is 11.6. The molecule has 2 amide bonds. The molecule has 2 aliphatic rings. The second-order valence-electron chi connectivity index (χ2n) is 7.45. The normalized spacial score (nSPS) is 26.5. The van der Waals surface area contributed by atoms with Crippen LogP contribution in [-0.4, -0.2) is 42.4 Å². The van der Waals surface area contributed by atoms with Gasteiger partial charge in [-0.05, 0) is 36.7 Å². The number of carbonyl (C=O) groups excluding carboxylic acids is 2. The van der Waals surface area contributed by atoms with E-state index in [4.69, 9.17) is 5.73 Å². The van der Waals surface area contributed by atoms with Crippen molar-refractivity contribution in [2.45, 2.75) is 37.8 Å². The second kappa shape index (κ2) is 9.00. The molecule has 1 aromatic carbocycles. The molecule has 144 valence electrons. The van der Waals surface area contributed by atoms with Crippen molar-refractivity contribution < 1.29 is 9.59 Å². The fourth-order valence-electron chi connectivity index (χ4n) is 4.17. The topological polar surface area (TPSA) is 75.4 Å². The molecule has 1 aliphatic carbocycles. The van der Waals surface area contributed by atoms with Gasteiger partial charge in [0.05, 0.1) is 6.04 Å². The Morgan fingerprint density at radius 2 is 2.07 bits per heavy atom. The first-order valence-corrected chi connectivity index (χ1v) is 9.75. The van der Waals surface area contributed by atoms with E-state index in [0.29, 0.717) is 31.2 Å². The fraction of sp³-hybridized carbons (Fsp3) is 0.455. The van der Waals surface area contributed by atoms with Gasteiger partial charge in [-0.1, -0.05) is 54.6 Å². The van der Waals surface area contributed by atoms with Gasteiger partial charge in [0.15, 0.2) is 0 Å². The lowest BCUT2D eigenvalue weighted by atomic mass is 9.81. The Hall–Kier alpha value is -2.40. The number of benzene rings is 1. The quantitative estimate of drug-likeness (QED) is 0.836. The van der Waals surface area contributed by atoms with E-state index < -0.39 is 12.1 Å². The van der Waals surface area contributed by atoms with E-state index in [1.807, 2.05) is 30.3 Å². The van der Waals surface area contributed by atoms with Crippen LogP contribution < -0.4 is 11.1 Å². The summed E-state index contributed by atoms with van der Waals surface area (Å²) in [5, 5.41) is 2.72. The number of carbonyl (C=O) groups is 2. The third-order valence-electron chi connectivity index (χ3n) is 5.71. The maximum Gasteiger partial charge on any atom is 0.242 e. The molecule has 3 N–H and O–H groups in total. The van der Waals surface area contributed by atoms with Crippen molar-refractivity contribution >= 4 is 11.8 Å². The molecule has 1 unspecified atom stereocenters. The molecular formula is C22H29N3O2. The second-order valence-corrected chi connectivity index (χ2v) is 7.45. The Kier molecular flexibility index (Phi) is 6.45. The molecule has 1 fully saturated rings. The van der Waals surface area contributed by atoms with Gasteiger partial charge < -0.3 is 16.0 Å². The summed E-state index contributed by atoms with van der Waals surface area (Å²) in [7, 11) is 1.62. The molecule has 27 heavy (non-hydrogen) atoms. The zero-order valence-electron chi connectivity index (χ0n) is 15.9. The Labute approximate surface area is 161 Å². The number of amides is 2. The van der Waals surface area contributed by atoms with Crippen molar-refractivity contribution in [3.05, 3.63) is 60.2 Å². The highest BCUT2D eigenvalue weighted by Crippen LogP contribution is 2.31. The Morgan fingerprint density at radius 3 is 2.74 bits per heavy atom. The lowest BCUT2D eigenvalue weighted by molar-refractivity contribution is -0.140. The van der Waals surface area contributed by atoms with E-state index >= 15 is 0 Å². The summed E-state index contributed by atoms with van der Waals surface area (Å²) in [5.41, 5.74) is 7.31. The van der Waals surface area contributed by atoms with E-state index in [1.54, 1.807) is 11.9 Å².